The van der Waals surface area contributed by atoms with Gasteiger partial charge in [-0.3, -0.25) is 14.8 Å². The van der Waals surface area contributed by atoms with Crippen molar-refractivity contribution < 1.29 is 9.53 Å². The smallest absolute Gasteiger partial charge is 0.252 e. The topological polar surface area (TPSA) is 87.6 Å². The maximum Gasteiger partial charge on any atom is 0.252 e. The number of carbonyl (C=O) groups excluding carboxylic acids is 1. The normalized spacial score (nSPS) is 20.5. The number of pyridine rings is 1. The SMILES string of the molecule is CCOC1CC(NC(=NC)NCCNC(=O)c2cccnc2)C1(CC)CC.I. The summed E-state index contributed by atoms with van der Waals surface area (Å²) >= 11 is 0. The molecule has 2 atom stereocenters. The number of amides is 1. The molecule has 1 aliphatic rings. The molecule has 2 unspecified atom stereocenters. The summed E-state index contributed by atoms with van der Waals surface area (Å²) in [4.78, 5) is 20.3. The van der Waals surface area contributed by atoms with Crippen molar-refractivity contribution in [1.82, 2.24) is 20.9 Å². The van der Waals surface area contributed by atoms with Gasteiger partial charge >= 0.3 is 0 Å². The molecule has 28 heavy (non-hydrogen) atoms. The molecule has 1 amide bonds. The van der Waals surface area contributed by atoms with E-state index in [4.69, 9.17) is 4.74 Å². The zero-order valence-corrected chi connectivity index (χ0v) is 19.7. The highest BCUT2D eigenvalue weighted by Gasteiger charge is 2.53. The Balaban J connectivity index is 0.00000392. The van der Waals surface area contributed by atoms with Crippen LogP contribution in [0.4, 0.5) is 0 Å². The standard InChI is InChI=1S/C20H33N5O2.HI/c1-5-20(6-2)16(13-17(20)27-7-3)25-19(21-4)24-12-11-23-18(26)15-9-8-10-22-14-15;/h8-10,14,16-17H,5-7,11-13H2,1-4H3,(H,23,26)(H2,21,24,25);1H. The minimum absolute atomic E-state index is 0. The molecule has 3 N–H and O–H groups in total. The second-order valence-electron chi connectivity index (χ2n) is 6.81. The molecular formula is C20H34IN5O2. The average Bonchev–Trinajstić information content (AvgIpc) is 2.70. The Morgan fingerprint density at radius 1 is 1.29 bits per heavy atom. The van der Waals surface area contributed by atoms with Crippen LogP contribution in [0.2, 0.25) is 0 Å². The lowest BCUT2D eigenvalue weighted by Gasteiger charge is -2.55. The van der Waals surface area contributed by atoms with Crippen molar-refractivity contribution in [2.45, 2.75) is 52.2 Å². The number of ether oxygens (including phenoxy) is 1. The van der Waals surface area contributed by atoms with E-state index in [0.29, 0.717) is 30.8 Å². The van der Waals surface area contributed by atoms with Crippen molar-refractivity contribution in [3.8, 4) is 0 Å². The highest BCUT2D eigenvalue weighted by atomic mass is 127. The van der Waals surface area contributed by atoms with Crippen LogP contribution in [-0.2, 0) is 4.74 Å². The minimum Gasteiger partial charge on any atom is -0.378 e. The third-order valence-electron chi connectivity index (χ3n) is 5.63. The van der Waals surface area contributed by atoms with Gasteiger partial charge in [-0.15, -0.1) is 24.0 Å². The maximum absolute atomic E-state index is 12.0. The molecule has 1 aromatic heterocycles. The van der Waals surface area contributed by atoms with Crippen molar-refractivity contribution in [2.24, 2.45) is 10.4 Å². The first-order valence-electron chi connectivity index (χ1n) is 9.88. The number of rotatable bonds is 9. The van der Waals surface area contributed by atoms with E-state index < -0.39 is 0 Å². The summed E-state index contributed by atoms with van der Waals surface area (Å²) < 4.78 is 5.94. The lowest BCUT2D eigenvalue weighted by molar-refractivity contribution is -0.133. The van der Waals surface area contributed by atoms with Crippen LogP contribution in [0.3, 0.4) is 0 Å². The van der Waals surface area contributed by atoms with Crippen LogP contribution in [0.1, 0.15) is 50.4 Å². The number of nitrogens with zero attached hydrogens (tertiary/aromatic N) is 2. The number of carbonyl (C=O) groups is 1. The average molecular weight is 503 g/mol. The van der Waals surface area contributed by atoms with Crippen molar-refractivity contribution in [3.63, 3.8) is 0 Å². The molecule has 1 aliphatic carbocycles. The number of aromatic nitrogens is 1. The summed E-state index contributed by atoms with van der Waals surface area (Å²) in [6, 6.07) is 3.84. The van der Waals surface area contributed by atoms with Crippen LogP contribution < -0.4 is 16.0 Å². The molecule has 0 saturated heterocycles. The summed E-state index contributed by atoms with van der Waals surface area (Å²) in [7, 11) is 1.77. The van der Waals surface area contributed by atoms with E-state index in [2.05, 4.69) is 46.7 Å². The van der Waals surface area contributed by atoms with Gasteiger partial charge in [0.25, 0.3) is 5.91 Å². The van der Waals surface area contributed by atoms with Crippen LogP contribution in [-0.4, -0.2) is 55.7 Å². The van der Waals surface area contributed by atoms with Crippen molar-refractivity contribution in [1.29, 1.82) is 0 Å². The van der Waals surface area contributed by atoms with E-state index >= 15 is 0 Å². The van der Waals surface area contributed by atoms with Gasteiger partial charge in [0.15, 0.2) is 5.96 Å². The molecule has 1 fully saturated rings. The van der Waals surface area contributed by atoms with Gasteiger partial charge in [-0.1, -0.05) is 13.8 Å². The Kier molecular flexibility index (Phi) is 10.7. The van der Waals surface area contributed by atoms with Crippen molar-refractivity contribution >= 4 is 35.8 Å². The lowest BCUT2D eigenvalue weighted by atomic mass is 9.58. The largest absolute Gasteiger partial charge is 0.378 e. The van der Waals surface area contributed by atoms with Gasteiger partial charge in [0.2, 0.25) is 0 Å². The zero-order valence-electron chi connectivity index (χ0n) is 17.3. The molecule has 7 nitrogen and oxygen atoms in total. The molecule has 1 heterocycles. The Hall–Kier alpha value is -1.42. The molecule has 0 radical (unpaired) electrons. The molecule has 1 aromatic rings. The second kappa shape index (κ2) is 12.2. The Morgan fingerprint density at radius 2 is 2.00 bits per heavy atom. The van der Waals surface area contributed by atoms with Gasteiger partial charge < -0.3 is 20.7 Å². The van der Waals surface area contributed by atoms with Crippen LogP contribution in [0.15, 0.2) is 29.5 Å². The molecule has 0 bridgehead atoms. The van der Waals surface area contributed by atoms with E-state index in [1.54, 1.807) is 31.6 Å². The van der Waals surface area contributed by atoms with E-state index in [-0.39, 0.29) is 35.3 Å². The van der Waals surface area contributed by atoms with Gasteiger partial charge in [-0.05, 0) is 38.3 Å². The van der Waals surface area contributed by atoms with E-state index in [1.807, 2.05) is 0 Å². The van der Waals surface area contributed by atoms with Crippen LogP contribution in [0, 0.1) is 5.41 Å². The molecule has 158 valence electrons. The minimum atomic E-state index is -0.123. The number of hydrogen-bond donors (Lipinski definition) is 3. The summed E-state index contributed by atoms with van der Waals surface area (Å²) in [6.07, 6.45) is 6.66. The van der Waals surface area contributed by atoms with Gasteiger partial charge in [0.05, 0.1) is 11.7 Å². The van der Waals surface area contributed by atoms with Gasteiger partial charge in [-0.2, -0.15) is 0 Å². The highest BCUT2D eigenvalue weighted by molar-refractivity contribution is 14.0. The number of aliphatic imine (C=N–C) groups is 1. The Bertz CT molecular complexity index is 622. The second-order valence-corrected chi connectivity index (χ2v) is 6.81. The van der Waals surface area contributed by atoms with Crippen molar-refractivity contribution in [3.05, 3.63) is 30.1 Å². The van der Waals surface area contributed by atoms with Crippen LogP contribution in [0.5, 0.6) is 0 Å². The van der Waals surface area contributed by atoms with E-state index in [1.165, 1.54) is 0 Å². The fraction of sp³-hybridized carbons (Fsp3) is 0.650. The summed E-state index contributed by atoms with van der Waals surface area (Å²) in [5.41, 5.74) is 0.717. The quantitative estimate of drug-likeness (QED) is 0.209. The van der Waals surface area contributed by atoms with Crippen molar-refractivity contribution in [2.75, 3.05) is 26.7 Å². The predicted octanol–water partition coefficient (Wildman–Crippen LogP) is 2.58. The lowest BCUT2D eigenvalue weighted by Crippen LogP contribution is -2.65. The molecule has 0 spiro atoms. The highest BCUT2D eigenvalue weighted by Crippen LogP contribution is 2.48. The van der Waals surface area contributed by atoms with Gasteiger partial charge in [-0.25, -0.2) is 0 Å². The maximum atomic E-state index is 12.0. The van der Waals surface area contributed by atoms with Gasteiger partial charge in [0.1, 0.15) is 0 Å². The number of hydrogen-bond acceptors (Lipinski definition) is 4. The third kappa shape index (κ3) is 5.79. The third-order valence-corrected chi connectivity index (χ3v) is 5.63. The molecule has 1 saturated carbocycles. The summed E-state index contributed by atoms with van der Waals surface area (Å²) in [6.45, 7) is 8.37. The zero-order chi connectivity index (χ0) is 19.7. The van der Waals surface area contributed by atoms with E-state index in [9.17, 15) is 4.79 Å². The summed E-state index contributed by atoms with van der Waals surface area (Å²) in [5.74, 6) is 0.638. The van der Waals surface area contributed by atoms with Crippen LogP contribution in [0.25, 0.3) is 0 Å². The van der Waals surface area contributed by atoms with Crippen LogP contribution >= 0.6 is 24.0 Å². The Morgan fingerprint density at radius 3 is 2.57 bits per heavy atom. The first-order valence-corrected chi connectivity index (χ1v) is 9.88. The van der Waals surface area contributed by atoms with Gasteiger partial charge in [0, 0.05) is 50.6 Å². The monoisotopic (exact) mass is 503 g/mol. The summed E-state index contributed by atoms with van der Waals surface area (Å²) in [5, 5.41) is 9.69. The predicted molar refractivity (Wildman–Crippen MR) is 123 cm³/mol. The van der Waals surface area contributed by atoms with E-state index in [0.717, 1.165) is 31.8 Å². The fourth-order valence-corrected chi connectivity index (χ4v) is 3.90. The molecule has 0 aliphatic heterocycles. The fourth-order valence-electron chi connectivity index (χ4n) is 3.90. The molecule has 8 heteroatoms. The number of guanidine groups is 1. The Labute approximate surface area is 185 Å². The number of halogens is 1. The first kappa shape index (κ1) is 24.6. The first-order chi connectivity index (χ1) is 13.1. The molecule has 0 aromatic carbocycles. The molecular weight excluding hydrogens is 469 g/mol. The molecule has 2 rings (SSSR count). The number of nitrogens with one attached hydrogen (secondary N) is 3.